The number of rotatable bonds is 5. The first-order valence-corrected chi connectivity index (χ1v) is 8.79. The van der Waals surface area contributed by atoms with Crippen molar-refractivity contribution < 1.29 is 13.2 Å². The van der Waals surface area contributed by atoms with Gasteiger partial charge in [0.15, 0.2) is 5.75 Å². The smallest absolute Gasteiger partial charge is 0.262 e. The fourth-order valence-electron chi connectivity index (χ4n) is 1.70. The van der Waals surface area contributed by atoms with Crippen molar-refractivity contribution in [2.75, 3.05) is 11.3 Å². The minimum atomic E-state index is -3.70. The van der Waals surface area contributed by atoms with Crippen LogP contribution >= 0.6 is 27.5 Å². The Hall–Kier alpha value is -1.24. The zero-order valence-corrected chi connectivity index (χ0v) is 14.3. The highest BCUT2D eigenvalue weighted by Gasteiger charge is 2.17. The Labute approximate surface area is 137 Å². The number of hydrogen-bond acceptors (Lipinski definition) is 3. The van der Waals surface area contributed by atoms with Crippen molar-refractivity contribution >= 4 is 43.2 Å². The average Bonchev–Trinajstić information content (AvgIpc) is 2.43. The lowest BCUT2D eigenvalue weighted by atomic mass is 10.3. The second kappa shape index (κ2) is 6.68. The third kappa shape index (κ3) is 3.90. The van der Waals surface area contributed by atoms with Crippen LogP contribution in [0.25, 0.3) is 0 Å². The second-order valence-electron chi connectivity index (χ2n) is 4.11. The molecule has 0 atom stereocenters. The van der Waals surface area contributed by atoms with Crippen molar-refractivity contribution in [3.8, 4) is 5.75 Å². The molecule has 0 radical (unpaired) electrons. The molecule has 4 nitrogen and oxygen atoms in total. The van der Waals surface area contributed by atoms with E-state index >= 15 is 0 Å². The Kier molecular flexibility index (Phi) is 5.13. The lowest BCUT2D eigenvalue weighted by Crippen LogP contribution is -2.14. The normalized spacial score (nSPS) is 11.2. The molecule has 0 bridgehead atoms. The summed E-state index contributed by atoms with van der Waals surface area (Å²) in [5.41, 5.74) is 0.312. The summed E-state index contributed by atoms with van der Waals surface area (Å²) in [4.78, 5) is 0.160. The first-order valence-electron chi connectivity index (χ1n) is 6.13. The van der Waals surface area contributed by atoms with Crippen LogP contribution in [0.2, 0.25) is 5.02 Å². The van der Waals surface area contributed by atoms with E-state index in [1.807, 2.05) is 0 Å². The van der Waals surface area contributed by atoms with E-state index in [1.54, 1.807) is 37.3 Å². The van der Waals surface area contributed by atoms with Gasteiger partial charge in [-0.25, -0.2) is 8.42 Å². The summed E-state index contributed by atoms with van der Waals surface area (Å²) in [5, 5.41) is 0.354. The molecular formula is C14H13BrClNO3S. The monoisotopic (exact) mass is 389 g/mol. The predicted octanol–water partition coefficient (Wildman–Crippen LogP) is 4.30. The quantitative estimate of drug-likeness (QED) is 0.828. The number of ether oxygens (including phenoxy) is 1. The van der Waals surface area contributed by atoms with Gasteiger partial charge in [0.05, 0.1) is 22.2 Å². The van der Waals surface area contributed by atoms with E-state index < -0.39 is 10.0 Å². The highest BCUT2D eigenvalue weighted by molar-refractivity contribution is 9.10. The van der Waals surface area contributed by atoms with Crippen molar-refractivity contribution in [2.24, 2.45) is 0 Å². The van der Waals surface area contributed by atoms with E-state index in [9.17, 15) is 8.42 Å². The van der Waals surface area contributed by atoms with E-state index in [1.165, 1.54) is 12.1 Å². The molecule has 2 aromatic rings. The van der Waals surface area contributed by atoms with Gasteiger partial charge in [0.2, 0.25) is 0 Å². The third-order valence-electron chi connectivity index (χ3n) is 2.62. The number of para-hydroxylation sites is 1. The zero-order valence-electron chi connectivity index (χ0n) is 11.1. The van der Waals surface area contributed by atoms with Crippen LogP contribution in [-0.4, -0.2) is 15.0 Å². The third-order valence-corrected chi connectivity index (χ3v) is 4.83. The van der Waals surface area contributed by atoms with Gasteiger partial charge < -0.3 is 4.74 Å². The van der Waals surface area contributed by atoms with Crippen LogP contribution in [0.15, 0.2) is 51.8 Å². The average molecular weight is 391 g/mol. The van der Waals surface area contributed by atoms with Crippen LogP contribution in [0.4, 0.5) is 5.69 Å². The van der Waals surface area contributed by atoms with Crippen LogP contribution < -0.4 is 9.46 Å². The number of benzene rings is 2. The number of nitrogens with one attached hydrogen (secondary N) is 1. The Morgan fingerprint density at radius 1 is 1.19 bits per heavy atom. The maximum absolute atomic E-state index is 12.4. The standard InChI is InChI=1S/C14H13BrClNO3S/c1-2-20-14-12(16)4-3-5-13(14)17-21(18,19)11-8-6-10(15)7-9-11/h3-9,17H,2H2,1H3. The van der Waals surface area contributed by atoms with E-state index in [-0.39, 0.29) is 4.90 Å². The minimum absolute atomic E-state index is 0.160. The van der Waals surface area contributed by atoms with Gasteiger partial charge >= 0.3 is 0 Å². The topological polar surface area (TPSA) is 55.4 Å². The number of sulfonamides is 1. The van der Waals surface area contributed by atoms with E-state index in [4.69, 9.17) is 16.3 Å². The van der Waals surface area contributed by atoms with Crippen molar-refractivity contribution in [3.63, 3.8) is 0 Å². The predicted molar refractivity (Wildman–Crippen MR) is 87.6 cm³/mol. The second-order valence-corrected chi connectivity index (χ2v) is 7.11. The Morgan fingerprint density at radius 3 is 2.48 bits per heavy atom. The molecule has 1 N–H and O–H groups in total. The highest BCUT2D eigenvalue weighted by atomic mass is 79.9. The molecule has 0 unspecified atom stereocenters. The van der Waals surface area contributed by atoms with Crippen molar-refractivity contribution in [1.29, 1.82) is 0 Å². The summed E-state index contributed by atoms with van der Waals surface area (Å²) in [6.45, 7) is 2.19. The molecule has 0 aliphatic heterocycles. The number of halogens is 2. The van der Waals surface area contributed by atoms with E-state index in [0.717, 1.165) is 4.47 Å². The number of anilines is 1. The molecule has 0 saturated carbocycles. The van der Waals surface area contributed by atoms with E-state index in [2.05, 4.69) is 20.7 Å². The minimum Gasteiger partial charge on any atom is -0.490 e. The summed E-state index contributed by atoms with van der Waals surface area (Å²) < 4.78 is 33.4. The Balaban J connectivity index is 2.37. The molecule has 0 aliphatic rings. The molecule has 2 rings (SSSR count). The van der Waals surface area contributed by atoms with Crippen molar-refractivity contribution in [1.82, 2.24) is 0 Å². The molecule has 0 heterocycles. The zero-order chi connectivity index (χ0) is 15.5. The van der Waals surface area contributed by atoms with Crippen molar-refractivity contribution in [2.45, 2.75) is 11.8 Å². The first-order chi connectivity index (χ1) is 9.94. The largest absolute Gasteiger partial charge is 0.490 e. The summed E-state index contributed by atoms with van der Waals surface area (Å²) in [6, 6.07) is 11.3. The molecule has 0 aliphatic carbocycles. The van der Waals surface area contributed by atoms with Crippen LogP contribution in [0.5, 0.6) is 5.75 Å². The van der Waals surface area contributed by atoms with E-state index in [0.29, 0.717) is 23.1 Å². The van der Waals surface area contributed by atoms with Crippen molar-refractivity contribution in [3.05, 3.63) is 52.0 Å². The molecule has 7 heteroatoms. The fourth-order valence-corrected chi connectivity index (χ4v) is 3.25. The van der Waals surface area contributed by atoms with Crippen LogP contribution in [0, 0.1) is 0 Å². The fraction of sp³-hybridized carbons (Fsp3) is 0.143. The summed E-state index contributed by atoms with van der Waals surface area (Å²) in [6.07, 6.45) is 0. The molecule has 0 amide bonds. The molecule has 0 fully saturated rings. The van der Waals surface area contributed by atoms with Gasteiger partial charge in [0.25, 0.3) is 10.0 Å². The lowest BCUT2D eigenvalue weighted by Gasteiger charge is -2.14. The van der Waals surface area contributed by atoms with Crippen LogP contribution in [0.3, 0.4) is 0 Å². The maximum Gasteiger partial charge on any atom is 0.262 e. The van der Waals surface area contributed by atoms with Gasteiger partial charge in [-0.2, -0.15) is 0 Å². The highest BCUT2D eigenvalue weighted by Crippen LogP contribution is 2.34. The molecule has 0 saturated heterocycles. The summed E-state index contributed by atoms with van der Waals surface area (Å²) in [7, 11) is -3.70. The Bertz CT molecular complexity index is 732. The summed E-state index contributed by atoms with van der Waals surface area (Å²) >= 11 is 9.31. The van der Waals surface area contributed by atoms with Gasteiger partial charge in [-0.05, 0) is 43.3 Å². The molecule has 0 aromatic heterocycles. The molecule has 2 aromatic carbocycles. The molecule has 0 spiro atoms. The van der Waals surface area contributed by atoms with Gasteiger partial charge in [0, 0.05) is 4.47 Å². The van der Waals surface area contributed by atoms with Gasteiger partial charge in [-0.15, -0.1) is 0 Å². The van der Waals surface area contributed by atoms with Gasteiger partial charge in [0.1, 0.15) is 0 Å². The molecule has 21 heavy (non-hydrogen) atoms. The van der Waals surface area contributed by atoms with Gasteiger partial charge in [-0.1, -0.05) is 33.6 Å². The number of hydrogen-bond donors (Lipinski definition) is 1. The Morgan fingerprint density at radius 2 is 1.86 bits per heavy atom. The van der Waals surface area contributed by atoms with Gasteiger partial charge in [-0.3, -0.25) is 4.72 Å². The maximum atomic E-state index is 12.4. The van der Waals surface area contributed by atoms with Crippen LogP contribution in [0.1, 0.15) is 6.92 Å². The molecule has 112 valence electrons. The summed E-state index contributed by atoms with van der Waals surface area (Å²) in [5.74, 6) is 0.322. The molecular weight excluding hydrogens is 378 g/mol. The SMILES string of the molecule is CCOc1c(Cl)cccc1NS(=O)(=O)c1ccc(Br)cc1. The lowest BCUT2D eigenvalue weighted by molar-refractivity contribution is 0.342. The first kappa shape index (κ1) is 16.1. The van der Waals surface area contributed by atoms with Crippen LogP contribution in [-0.2, 0) is 10.0 Å².